The highest BCUT2D eigenvalue weighted by Gasteiger charge is 2.21. The molecule has 0 fully saturated rings. The molecule has 0 amide bonds. The Morgan fingerprint density at radius 1 is 1.20 bits per heavy atom. The number of aliphatic hydroxyl groups excluding tert-OH is 1. The average molecular weight is 342 g/mol. The lowest BCUT2D eigenvalue weighted by atomic mass is 9.89. The third kappa shape index (κ3) is 5.05. The highest BCUT2D eigenvalue weighted by Crippen LogP contribution is 2.32. The first kappa shape index (κ1) is 17.9. The van der Waals surface area contributed by atoms with Crippen LogP contribution in [0.25, 0.3) is 0 Å². The smallest absolute Gasteiger partial charge is 0.126 e. The predicted octanol–water partition coefficient (Wildman–Crippen LogP) is 2.21. The van der Waals surface area contributed by atoms with Crippen LogP contribution in [0.4, 0.5) is 0 Å². The Balaban J connectivity index is 1.42. The summed E-state index contributed by atoms with van der Waals surface area (Å²) in [5, 5.41) is 12.3. The van der Waals surface area contributed by atoms with Crippen LogP contribution in [0.1, 0.15) is 35.6 Å². The maximum Gasteiger partial charge on any atom is 0.126 e. The van der Waals surface area contributed by atoms with Gasteiger partial charge in [-0.05, 0) is 42.5 Å². The van der Waals surface area contributed by atoms with Crippen LogP contribution in [0.3, 0.4) is 0 Å². The molecule has 3 rings (SSSR count). The molecule has 2 atom stereocenters. The van der Waals surface area contributed by atoms with Crippen LogP contribution in [0.5, 0.6) is 5.75 Å². The summed E-state index contributed by atoms with van der Waals surface area (Å²) in [4.78, 5) is 0. The number of methoxy groups -OCH3 is 1. The normalized spacial score (nSPS) is 17.8. The molecule has 25 heavy (non-hydrogen) atoms. The Morgan fingerprint density at radius 3 is 2.96 bits per heavy atom. The van der Waals surface area contributed by atoms with E-state index in [0.29, 0.717) is 13.2 Å². The first-order valence-corrected chi connectivity index (χ1v) is 9.08. The van der Waals surface area contributed by atoms with E-state index in [1.165, 1.54) is 16.7 Å². The van der Waals surface area contributed by atoms with Gasteiger partial charge in [0.1, 0.15) is 24.9 Å². The summed E-state index contributed by atoms with van der Waals surface area (Å²) >= 11 is 0. The van der Waals surface area contributed by atoms with Gasteiger partial charge in [-0.1, -0.05) is 36.4 Å². The third-order valence-corrected chi connectivity index (χ3v) is 4.76. The predicted molar refractivity (Wildman–Crippen MR) is 97.6 cm³/mol. The Morgan fingerprint density at radius 2 is 2.08 bits per heavy atom. The molecule has 0 saturated carbocycles. The number of fused-ring (bicyclic) bond motifs is 1. The second-order valence-corrected chi connectivity index (χ2v) is 6.65. The maximum atomic E-state index is 10.2. The molecule has 0 aromatic heterocycles. The zero-order valence-electron chi connectivity index (χ0n) is 14.9. The lowest BCUT2D eigenvalue weighted by Gasteiger charge is -2.26. The molecule has 4 nitrogen and oxygen atoms in total. The molecular weight excluding hydrogens is 314 g/mol. The SMILES string of the molecule is COc1cccc(C[NH2+]C[C@H](O)CO[C@H]2CCCc3ccccc32)c1. The number of aliphatic hydroxyl groups is 1. The lowest BCUT2D eigenvalue weighted by Crippen LogP contribution is -2.85. The minimum Gasteiger partial charge on any atom is -0.497 e. The van der Waals surface area contributed by atoms with Crippen LogP contribution >= 0.6 is 0 Å². The summed E-state index contributed by atoms with van der Waals surface area (Å²) in [6.07, 6.45) is 2.99. The van der Waals surface area contributed by atoms with Gasteiger partial charge in [0.2, 0.25) is 0 Å². The summed E-state index contributed by atoms with van der Waals surface area (Å²) in [5.41, 5.74) is 3.87. The van der Waals surface area contributed by atoms with Crippen molar-refractivity contribution in [1.29, 1.82) is 0 Å². The van der Waals surface area contributed by atoms with E-state index >= 15 is 0 Å². The van der Waals surface area contributed by atoms with Crippen molar-refractivity contribution in [2.24, 2.45) is 0 Å². The van der Waals surface area contributed by atoms with E-state index < -0.39 is 6.10 Å². The van der Waals surface area contributed by atoms with Crippen molar-refractivity contribution in [3.63, 3.8) is 0 Å². The van der Waals surface area contributed by atoms with Crippen molar-refractivity contribution >= 4 is 0 Å². The van der Waals surface area contributed by atoms with Gasteiger partial charge in [0.25, 0.3) is 0 Å². The van der Waals surface area contributed by atoms with Gasteiger partial charge >= 0.3 is 0 Å². The molecule has 0 unspecified atom stereocenters. The van der Waals surface area contributed by atoms with Crippen molar-refractivity contribution < 1.29 is 19.9 Å². The number of benzene rings is 2. The first-order valence-electron chi connectivity index (χ1n) is 9.08. The first-order chi connectivity index (χ1) is 12.3. The minimum absolute atomic E-state index is 0.123. The Kier molecular flexibility index (Phi) is 6.45. The van der Waals surface area contributed by atoms with Crippen molar-refractivity contribution in [2.45, 2.75) is 38.0 Å². The van der Waals surface area contributed by atoms with Crippen molar-refractivity contribution in [3.8, 4) is 5.75 Å². The summed E-state index contributed by atoms with van der Waals surface area (Å²) < 4.78 is 11.3. The largest absolute Gasteiger partial charge is 0.497 e. The molecular formula is C21H28NO3+. The van der Waals surface area contributed by atoms with Crippen LogP contribution in [0, 0.1) is 0 Å². The van der Waals surface area contributed by atoms with Crippen LogP contribution in [0.2, 0.25) is 0 Å². The molecule has 0 bridgehead atoms. The van der Waals surface area contributed by atoms with Crippen molar-refractivity contribution in [2.75, 3.05) is 20.3 Å². The van der Waals surface area contributed by atoms with Gasteiger partial charge in [-0.3, -0.25) is 0 Å². The summed E-state index contributed by atoms with van der Waals surface area (Å²) in [6.45, 7) is 1.83. The summed E-state index contributed by atoms with van der Waals surface area (Å²) in [6, 6.07) is 16.5. The van der Waals surface area contributed by atoms with Gasteiger partial charge < -0.3 is 19.9 Å². The number of hydrogen-bond acceptors (Lipinski definition) is 3. The fourth-order valence-electron chi connectivity index (χ4n) is 3.42. The molecule has 2 aromatic carbocycles. The molecule has 0 spiro atoms. The molecule has 0 heterocycles. The molecule has 134 valence electrons. The highest BCUT2D eigenvalue weighted by atomic mass is 16.5. The maximum absolute atomic E-state index is 10.2. The highest BCUT2D eigenvalue weighted by molar-refractivity contribution is 5.31. The van der Waals surface area contributed by atoms with Gasteiger partial charge in [-0.25, -0.2) is 0 Å². The fourth-order valence-corrected chi connectivity index (χ4v) is 3.42. The second-order valence-electron chi connectivity index (χ2n) is 6.65. The summed E-state index contributed by atoms with van der Waals surface area (Å²) in [7, 11) is 1.67. The lowest BCUT2D eigenvalue weighted by molar-refractivity contribution is -0.676. The fraction of sp³-hybridized carbons (Fsp3) is 0.429. The van der Waals surface area contributed by atoms with E-state index in [4.69, 9.17) is 9.47 Å². The number of hydrogen-bond donors (Lipinski definition) is 2. The zero-order valence-corrected chi connectivity index (χ0v) is 14.9. The van der Waals surface area contributed by atoms with Gasteiger partial charge in [0.15, 0.2) is 0 Å². The quantitative estimate of drug-likeness (QED) is 0.773. The van der Waals surface area contributed by atoms with Gasteiger partial charge in [0, 0.05) is 5.56 Å². The third-order valence-electron chi connectivity index (χ3n) is 4.76. The van der Waals surface area contributed by atoms with Crippen LogP contribution < -0.4 is 10.1 Å². The minimum atomic E-state index is -0.459. The number of nitrogens with two attached hydrogens (primary N) is 1. The molecule has 1 aliphatic rings. The van der Waals surface area contributed by atoms with E-state index in [9.17, 15) is 5.11 Å². The van der Waals surface area contributed by atoms with E-state index in [2.05, 4.69) is 35.6 Å². The standard InChI is InChI=1S/C21H27NO3/c1-24-19-9-4-6-16(12-19)13-22-14-18(23)15-25-21-11-5-8-17-7-2-3-10-20(17)21/h2-4,6-7,9-10,12,18,21-23H,5,8,11,13-15H2,1H3/p+1/t18-,21-/m0/s1. The molecule has 2 aromatic rings. The molecule has 0 saturated heterocycles. The summed E-state index contributed by atoms with van der Waals surface area (Å²) in [5.74, 6) is 0.866. The molecule has 0 aliphatic heterocycles. The van der Waals surface area contributed by atoms with Crippen molar-refractivity contribution in [1.82, 2.24) is 0 Å². The van der Waals surface area contributed by atoms with Crippen LogP contribution in [-0.4, -0.2) is 31.5 Å². The van der Waals surface area contributed by atoms with E-state index in [1.807, 2.05) is 18.2 Å². The van der Waals surface area contributed by atoms with Gasteiger partial charge in [-0.2, -0.15) is 0 Å². The van der Waals surface area contributed by atoms with Crippen molar-refractivity contribution in [3.05, 3.63) is 65.2 Å². The molecule has 4 heteroatoms. The van der Waals surface area contributed by atoms with Gasteiger partial charge in [-0.15, -0.1) is 0 Å². The second kappa shape index (κ2) is 8.99. The molecule has 1 aliphatic carbocycles. The van der Waals surface area contributed by atoms with E-state index in [0.717, 1.165) is 31.6 Å². The average Bonchev–Trinajstić information content (AvgIpc) is 2.66. The molecule has 0 radical (unpaired) electrons. The van der Waals surface area contributed by atoms with E-state index in [1.54, 1.807) is 7.11 Å². The number of ether oxygens (including phenoxy) is 2. The van der Waals surface area contributed by atoms with Crippen LogP contribution in [-0.2, 0) is 17.7 Å². The topological polar surface area (TPSA) is 55.3 Å². The monoisotopic (exact) mass is 342 g/mol. The van der Waals surface area contributed by atoms with Gasteiger partial charge in [0.05, 0.1) is 19.8 Å². The van der Waals surface area contributed by atoms with Crippen LogP contribution in [0.15, 0.2) is 48.5 Å². The number of rotatable bonds is 8. The number of aryl methyl sites for hydroxylation is 1. The zero-order chi connectivity index (χ0) is 17.5. The van der Waals surface area contributed by atoms with E-state index in [-0.39, 0.29) is 6.10 Å². The Hall–Kier alpha value is -1.88. The molecule has 3 N–H and O–H groups in total. The Labute approximate surface area is 149 Å². The number of quaternary nitrogens is 1. The Bertz CT molecular complexity index is 674.